The first-order valence-corrected chi connectivity index (χ1v) is 8.88. The summed E-state index contributed by atoms with van der Waals surface area (Å²) in [7, 11) is 0. The van der Waals surface area contributed by atoms with Crippen molar-refractivity contribution in [3.05, 3.63) is 53.1 Å². The molecule has 1 aliphatic rings. The summed E-state index contributed by atoms with van der Waals surface area (Å²) in [5, 5.41) is 2.99. The van der Waals surface area contributed by atoms with E-state index in [0.29, 0.717) is 24.7 Å². The second-order valence-corrected chi connectivity index (χ2v) is 6.64. The molecular weight excluding hydrogens is 330 g/mol. The number of carbonyl (C=O) groups excluding carboxylic acids is 1. The first kappa shape index (κ1) is 18.1. The maximum absolute atomic E-state index is 12.5. The number of rotatable bonds is 5. The molecule has 1 heterocycles. The molecule has 1 aliphatic heterocycles. The van der Waals surface area contributed by atoms with Crippen LogP contribution >= 0.6 is 0 Å². The van der Waals surface area contributed by atoms with Crippen LogP contribution in [0.4, 0.5) is 0 Å². The van der Waals surface area contributed by atoms with Gasteiger partial charge in [-0.1, -0.05) is 12.1 Å². The maximum atomic E-state index is 12.5. The van der Waals surface area contributed by atoms with E-state index in [1.165, 1.54) is 5.56 Å². The van der Waals surface area contributed by atoms with E-state index in [1.807, 2.05) is 57.2 Å². The topological polar surface area (TPSA) is 56.8 Å². The van der Waals surface area contributed by atoms with Crippen LogP contribution in [0.15, 0.2) is 36.4 Å². The molecule has 0 radical (unpaired) electrons. The van der Waals surface area contributed by atoms with Gasteiger partial charge in [-0.05, 0) is 68.7 Å². The third kappa shape index (κ3) is 4.10. The lowest BCUT2D eigenvalue weighted by Gasteiger charge is -2.22. The maximum Gasteiger partial charge on any atom is 0.261 e. The van der Waals surface area contributed by atoms with Gasteiger partial charge in [-0.15, -0.1) is 0 Å². The smallest absolute Gasteiger partial charge is 0.261 e. The van der Waals surface area contributed by atoms with Crippen molar-refractivity contribution in [2.75, 3.05) is 13.2 Å². The molecule has 0 unspecified atom stereocenters. The zero-order valence-electron chi connectivity index (χ0n) is 15.7. The summed E-state index contributed by atoms with van der Waals surface area (Å²) in [6.45, 7) is 8.86. The van der Waals surface area contributed by atoms with Gasteiger partial charge in [-0.3, -0.25) is 4.79 Å². The molecule has 2 aromatic carbocycles. The average Bonchev–Trinajstić information content (AvgIpc) is 2.64. The van der Waals surface area contributed by atoms with E-state index in [9.17, 15) is 4.79 Å². The van der Waals surface area contributed by atoms with Crippen LogP contribution in [-0.4, -0.2) is 25.2 Å². The van der Waals surface area contributed by atoms with Gasteiger partial charge >= 0.3 is 0 Å². The molecule has 0 bridgehead atoms. The predicted molar refractivity (Wildman–Crippen MR) is 100.0 cm³/mol. The highest BCUT2D eigenvalue weighted by Crippen LogP contribution is 2.32. The van der Waals surface area contributed by atoms with E-state index in [0.717, 1.165) is 16.9 Å². The van der Waals surface area contributed by atoms with Crippen molar-refractivity contribution < 1.29 is 19.0 Å². The largest absolute Gasteiger partial charge is 0.486 e. The van der Waals surface area contributed by atoms with Crippen molar-refractivity contribution in [1.82, 2.24) is 5.32 Å². The van der Waals surface area contributed by atoms with Crippen molar-refractivity contribution in [3.8, 4) is 17.2 Å². The zero-order chi connectivity index (χ0) is 18.7. The fourth-order valence-corrected chi connectivity index (χ4v) is 2.79. The molecule has 2 atom stereocenters. The number of amides is 1. The van der Waals surface area contributed by atoms with E-state index in [-0.39, 0.29) is 11.9 Å². The van der Waals surface area contributed by atoms with Crippen LogP contribution in [0.1, 0.15) is 36.6 Å². The quantitative estimate of drug-likeness (QED) is 0.888. The second kappa shape index (κ2) is 7.68. The molecule has 0 aromatic heterocycles. The highest BCUT2D eigenvalue weighted by atomic mass is 16.6. The van der Waals surface area contributed by atoms with E-state index in [1.54, 1.807) is 6.92 Å². The Morgan fingerprint density at radius 2 is 1.73 bits per heavy atom. The summed E-state index contributed by atoms with van der Waals surface area (Å²) in [5.74, 6) is 1.99. The van der Waals surface area contributed by atoms with Crippen LogP contribution in [-0.2, 0) is 4.79 Å². The van der Waals surface area contributed by atoms with Crippen molar-refractivity contribution in [3.63, 3.8) is 0 Å². The summed E-state index contributed by atoms with van der Waals surface area (Å²) < 4.78 is 16.9. The highest BCUT2D eigenvalue weighted by Gasteiger charge is 2.20. The number of ether oxygens (including phenoxy) is 3. The fourth-order valence-electron chi connectivity index (χ4n) is 2.79. The molecule has 1 N–H and O–H groups in total. The summed E-state index contributed by atoms with van der Waals surface area (Å²) >= 11 is 0. The van der Waals surface area contributed by atoms with E-state index in [4.69, 9.17) is 14.2 Å². The van der Waals surface area contributed by atoms with Crippen molar-refractivity contribution in [2.24, 2.45) is 0 Å². The normalized spacial score (nSPS) is 15.1. The van der Waals surface area contributed by atoms with Crippen molar-refractivity contribution in [2.45, 2.75) is 39.8 Å². The number of fused-ring (bicyclic) bond motifs is 1. The first-order valence-electron chi connectivity index (χ1n) is 8.88. The number of hydrogen-bond acceptors (Lipinski definition) is 4. The molecule has 1 amide bonds. The Labute approximate surface area is 154 Å². The van der Waals surface area contributed by atoms with Gasteiger partial charge < -0.3 is 19.5 Å². The van der Waals surface area contributed by atoms with Gasteiger partial charge in [0.2, 0.25) is 0 Å². The summed E-state index contributed by atoms with van der Waals surface area (Å²) in [5.41, 5.74) is 3.29. The first-order chi connectivity index (χ1) is 12.4. The second-order valence-electron chi connectivity index (χ2n) is 6.64. The molecule has 5 heteroatoms. The molecule has 0 aliphatic carbocycles. The monoisotopic (exact) mass is 355 g/mol. The molecule has 0 fully saturated rings. The van der Waals surface area contributed by atoms with Gasteiger partial charge in [0.25, 0.3) is 5.91 Å². The van der Waals surface area contributed by atoms with Gasteiger partial charge in [0.1, 0.15) is 19.0 Å². The Balaban J connectivity index is 1.62. The van der Waals surface area contributed by atoms with Crippen molar-refractivity contribution in [1.29, 1.82) is 0 Å². The number of carbonyl (C=O) groups is 1. The summed E-state index contributed by atoms with van der Waals surface area (Å²) in [6, 6.07) is 11.4. The van der Waals surface area contributed by atoms with E-state index < -0.39 is 6.10 Å². The lowest BCUT2D eigenvalue weighted by molar-refractivity contribution is -0.127. The van der Waals surface area contributed by atoms with Gasteiger partial charge in [0.15, 0.2) is 17.6 Å². The third-order valence-electron chi connectivity index (χ3n) is 4.59. The van der Waals surface area contributed by atoms with Gasteiger partial charge in [-0.25, -0.2) is 0 Å². The molecular formula is C21H25NO4. The minimum absolute atomic E-state index is 0.161. The predicted octanol–water partition coefficient (Wildman–Crippen LogP) is 3.72. The Kier molecular flexibility index (Phi) is 5.35. The molecule has 0 saturated heterocycles. The van der Waals surface area contributed by atoms with Crippen LogP contribution in [0.2, 0.25) is 0 Å². The number of benzene rings is 2. The Bertz CT molecular complexity index is 803. The molecule has 3 rings (SSSR count). The SMILES string of the molecule is Cc1ccc(O[C@@H](C)C(=O)N[C@H](C)c2ccc3c(c2)OCCO3)cc1C. The Hall–Kier alpha value is -2.69. The molecule has 0 spiro atoms. The highest BCUT2D eigenvalue weighted by molar-refractivity contribution is 5.81. The third-order valence-corrected chi connectivity index (χ3v) is 4.59. The van der Waals surface area contributed by atoms with Crippen LogP contribution in [0, 0.1) is 13.8 Å². The van der Waals surface area contributed by atoms with Gasteiger partial charge in [0, 0.05) is 0 Å². The standard InChI is InChI=1S/C21H25NO4/c1-13-5-7-18(11-14(13)2)26-16(4)21(23)22-15(3)17-6-8-19-20(12-17)25-10-9-24-19/h5-8,11-12,15-16H,9-10H2,1-4H3,(H,22,23)/t15-,16+/m1/s1. The number of hydrogen-bond donors (Lipinski definition) is 1. The average molecular weight is 355 g/mol. The molecule has 5 nitrogen and oxygen atoms in total. The van der Waals surface area contributed by atoms with Crippen molar-refractivity contribution >= 4 is 5.91 Å². The minimum Gasteiger partial charge on any atom is -0.486 e. The Morgan fingerprint density at radius 3 is 2.46 bits per heavy atom. The summed E-state index contributed by atoms with van der Waals surface area (Å²) in [4.78, 5) is 12.5. The fraction of sp³-hybridized carbons (Fsp3) is 0.381. The van der Waals surface area contributed by atoms with Crippen LogP contribution in [0.3, 0.4) is 0 Å². The van der Waals surface area contributed by atoms with Crippen LogP contribution in [0.25, 0.3) is 0 Å². The van der Waals surface area contributed by atoms with E-state index in [2.05, 4.69) is 5.32 Å². The molecule has 138 valence electrons. The lowest BCUT2D eigenvalue weighted by Crippen LogP contribution is -2.37. The van der Waals surface area contributed by atoms with Gasteiger partial charge in [0.05, 0.1) is 6.04 Å². The zero-order valence-corrected chi connectivity index (χ0v) is 15.7. The molecule has 0 saturated carbocycles. The van der Waals surface area contributed by atoms with Crippen LogP contribution in [0.5, 0.6) is 17.2 Å². The van der Waals surface area contributed by atoms with Gasteiger partial charge in [-0.2, -0.15) is 0 Å². The number of nitrogens with one attached hydrogen (secondary N) is 1. The number of aryl methyl sites for hydroxylation is 2. The molecule has 2 aromatic rings. The van der Waals surface area contributed by atoms with E-state index >= 15 is 0 Å². The molecule has 26 heavy (non-hydrogen) atoms. The lowest BCUT2D eigenvalue weighted by atomic mass is 10.1. The minimum atomic E-state index is -0.586. The summed E-state index contributed by atoms with van der Waals surface area (Å²) in [6.07, 6.45) is -0.586. The Morgan fingerprint density at radius 1 is 1.00 bits per heavy atom. The van der Waals surface area contributed by atoms with Crippen LogP contribution < -0.4 is 19.5 Å².